The number of ether oxygens (including phenoxy) is 1. The van der Waals surface area contributed by atoms with Gasteiger partial charge in [0.15, 0.2) is 5.69 Å². The molecule has 0 saturated carbocycles. The molecule has 1 aliphatic rings. The Labute approximate surface area is 113 Å². The second kappa shape index (κ2) is 5.51. The van der Waals surface area contributed by atoms with E-state index in [9.17, 15) is 19.7 Å². The van der Waals surface area contributed by atoms with Crippen LogP contribution in [0.15, 0.2) is 12.1 Å². The van der Waals surface area contributed by atoms with Crippen molar-refractivity contribution in [1.82, 2.24) is 10.3 Å². The molecule has 0 spiro atoms. The lowest BCUT2D eigenvalue weighted by Gasteiger charge is -2.11. The molecule has 1 fully saturated rings. The summed E-state index contributed by atoms with van der Waals surface area (Å²) in [4.78, 5) is 36.7. The Morgan fingerprint density at radius 1 is 1.60 bits per heavy atom. The second-order valence-corrected chi connectivity index (χ2v) is 4.16. The van der Waals surface area contributed by atoms with Gasteiger partial charge < -0.3 is 15.4 Å². The number of aromatic nitrogens is 1. The Kier molecular flexibility index (Phi) is 3.78. The minimum Gasteiger partial charge on any atom is -0.464 e. The molecule has 1 atom stereocenters. The van der Waals surface area contributed by atoms with Crippen LogP contribution >= 0.6 is 0 Å². The largest absolute Gasteiger partial charge is 0.464 e. The van der Waals surface area contributed by atoms with Crippen molar-refractivity contribution in [2.24, 2.45) is 0 Å². The molecule has 20 heavy (non-hydrogen) atoms. The summed E-state index contributed by atoms with van der Waals surface area (Å²) in [5.74, 6) is -0.891. The fourth-order valence-electron chi connectivity index (χ4n) is 1.82. The number of nitrogens with zero attached hydrogens (tertiary/aromatic N) is 2. The number of amides is 1. The smallest absolute Gasteiger partial charge is 0.356 e. The lowest BCUT2D eigenvalue weighted by Crippen LogP contribution is -2.24. The molecule has 106 valence electrons. The van der Waals surface area contributed by atoms with Crippen LogP contribution in [-0.2, 0) is 9.53 Å². The van der Waals surface area contributed by atoms with E-state index in [1.165, 1.54) is 19.2 Å². The van der Waals surface area contributed by atoms with E-state index >= 15 is 0 Å². The minimum atomic E-state index is -0.691. The molecule has 2 rings (SSSR count). The number of pyridine rings is 1. The molecule has 9 heteroatoms. The third-order valence-corrected chi connectivity index (χ3v) is 2.78. The molecule has 2 heterocycles. The number of esters is 1. The van der Waals surface area contributed by atoms with Crippen LogP contribution in [0.3, 0.4) is 0 Å². The average Bonchev–Trinajstić information content (AvgIpc) is 2.82. The summed E-state index contributed by atoms with van der Waals surface area (Å²) in [6.07, 6.45) is 0.196. The maximum atomic E-state index is 11.4. The van der Waals surface area contributed by atoms with Gasteiger partial charge in [-0.15, -0.1) is 0 Å². The van der Waals surface area contributed by atoms with Crippen molar-refractivity contribution in [2.45, 2.75) is 12.5 Å². The number of nitro groups is 1. The second-order valence-electron chi connectivity index (χ2n) is 4.16. The van der Waals surface area contributed by atoms with Crippen LogP contribution < -0.4 is 10.6 Å². The Bertz CT molecular complexity index is 574. The topological polar surface area (TPSA) is 123 Å². The third-order valence-electron chi connectivity index (χ3n) is 2.78. The van der Waals surface area contributed by atoms with Gasteiger partial charge in [-0.1, -0.05) is 0 Å². The first-order valence-electron chi connectivity index (χ1n) is 5.78. The number of rotatable bonds is 4. The van der Waals surface area contributed by atoms with Gasteiger partial charge in [0.2, 0.25) is 11.7 Å². The molecule has 0 radical (unpaired) electrons. The standard InChI is InChI=1S/C11H12N4O5/c1-20-11(17)7-2-3-8(15(18)19)10(14-7)13-6-4-9(16)12-5-6/h2-3,6H,4-5H2,1H3,(H,12,16)(H,13,14). The highest BCUT2D eigenvalue weighted by molar-refractivity contribution is 5.88. The molecule has 2 N–H and O–H groups in total. The number of hydrogen-bond donors (Lipinski definition) is 2. The van der Waals surface area contributed by atoms with Gasteiger partial charge in [0, 0.05) is 19.0 Å². The maximum absolute atomic E-state index is 11.4. The lowest BCUT2D eigenvalue weighted by molar-refractivity contribution is -0.384. The number of nitrogens with one attached hydrogen (secondary N) is 2. The lowest BCUT2D eigenvalue weighted by atomic mass is 10.2. The van der Waals surface area contributed by atoms with Crippen molar-refractivity contribution in [3.05, 3.63) is 27.9 Å². The Hall–Kier alpha value is -2.71. The quantitative estimate of drug-likeness (QED) is 0.454. The van der Waals surface area contributed by atoms with E-state index < -0.39 is 10.9 Å². The van der Waals surface area contributed by atoms with E-state index in [1.807, 2.05) is 0 Å². The molecule has 0 bridgehead atoms. The molecule has 1 aromatic heterocycles. The highest BCUT2D eigenvalue weighted by Gasteiger charge is 2.26. The first-order valence-corrected chi connectivity index (χ1v) is 5.78. The predicted octanol–water partition coefficient (Wildman–Crippen LogP) is 0.0768. The van der Waals surface area contributed by atoms with Crippen molar-refractivity contribution < 1.29 is 19.2 Å². The molecule has 0 aliphatic carbocycles. The van der Waals surface area contributed by atoms with Crippen LogP contribution in [0.4, 0.5) is 11.5 Å². The van der Waals surface area contributed by atoms with Crippen LogP contribution in [0.2, 0.25) is 0 Å². The maximum Gasteiger partial charge on any atom is 0.356 e. The third kappa shape index (κ3) is 2.82. The number of methoxy groups -OCH3 is 1. The van der Waals surface area contributed by atoms with Crippen molar-refractivity contribution in [1.29, 1.82) is 0 Å². The van der Waals surface area contributed by atoms with Gasteiger partial charge in [0.1, 0.15) is 0 Å². The number of anilines is 1. The summed E-state index contributed by atoms with van der Waals surface area (Å²) in [5.41, 5.74) is -0.310. The summed E-state index contributed by atoms with van der Waals surface area (Å²) in [6, 6.07) is 2.08. The summed E-state index contributed by atoms with van der Waals surface area (Å²) in [5, 5.41) is 16.3. The Morgan fingerprint density at radius 3 is 2.90 bits per heavy atom. The van der Waals surface area contributed by atoms with Crippen LogP contribution in [0.5, 0.6) is 0 Å². The van der Waals surface area contributed by atoms with Gasteiger partial charge >= 0.3 is 11.7 Å². The van der Waals surface area contributed by atoms with Gasteiger partial charge in [-0.05, 0) is 6.07 Å². The summed E-state index contributed by atoms with van der Waals surface area (Å²) in [7, 11) is 1.19. The zero-order chi connectivity index (χ0) is 14.7. The molecule has 1 amide bonds. The first-order chi connectivity index (χ1) is 9.51. The molecule has 0 aromatic carbocycles. The van der Waals surface area contributed by atoms with Gasteiger partial charge in [-0.2, -0.15) is 0 Å². The van der Waals surface area contributed by atoms with Gasteiger partial charge in [0.05, 0.1) is 18.1 Å². The van der Waals surface area contributed by atoms with E-state index in [1.54, 1.807) is 0 Å². The van der Waals surface area contributed by atoms with Crippen LogP contribution in [0, 0.1) is 10.1 Å². The van der Waals surface area contributed by atoms with Crippen molar-refractivity contribution >= 4 is 23.4 Å². The van der Waals surface area contributed by atoms with Crippen molar-refractivity contribution in [3.8, 4) is 0 Å². The molecule has 1 aromatic rings. The molecule has 1 unspecified atom stereocenters. The normalized spacial score (nSPS) is 17.4. The van der Waals surface area contributed by atoms with Crippen molar-refractivity contribution in [2.75, 3.05) is 19.0 Å². The number of carbonyl (C=O) groups is 2. The van der Waals surface area contributed by atoms with E-state index in [-0.39, 0.29) is 35.6 Å². The molecular weight excluding hydrogens is 268 g/mol. The summed E-state index contributed by atoms with van der Waals surface area (Å²) < 4.78 is 4.51. The average molecular weight is 280 g/mol. The van der Waals surface area contributed by atoms with E-state index in [0.717, 1.165) is 0 Å². The number of hydrogen-bond acceptors (Lipinski definition) is 7. The summed E-state index contributed by atoms with van der Waals surface area (Å²) in [6.45, 7) is 0.347. The fourth-order valence-corrected chi connectivity index (χ4v) is 1.82. The van der Waals surface area contributed by atoms with Crippen LogP contribution in [-0.4, -0.2) is 41.5 Å². The van der Waals surface area contributed by atoms with Gasteiger partial charge in [0.25, 0.3) is 0 Å². The molecule has 1 aliphatic heterocycles. The first kappa shape index (κ1) is 13.7. The van der Waals surface area contributed by atoms with E-state index in [2.05, 4.69) is 20.4 Å². The highest BCUT2D eigenvalue weighted by atomic mass is 16.6. The van der Waals surface area contributed by atoms with E-state index in [0.29, 0.717) is 6.54 Å². The molecule has 9 nitrogen and oxygen atoms in total. The Balaban J connectivity index is 2.29. The fraction of sp³-hybridized carbons (Fsp3) is 0.364. The summed E-state index contributed by atoms with van der Waals surface area (Å²) >= 11 is 0. The Morgan fingerprint density at radius 2 is 2.35 bits per heavy atom. The SMILES string of the molecule is COC(=O)c1ccc([N+](=O)[O-])c(NC2CNC(=O)C2)n1. The monoisotopic (exact) mass is 280 g/mol. The van der Waals surface area contributed by atoms with Gasteiger partial charge in [-0.25, -0.2) is 9.78 Å². The minimum absolute atomic E-state index is 0.0436. The zero-order valence-electron chi connectivity index (χ0n) is 10.6. The predicted molar refractivity (Wildman–Crippen MR) is 67.3 cm³/mol. The van der Waals surface area contributed by atoms with Crippen molar-refractivity contribution in [3.63, 3.8) is 0 Å². The number of carbonyl (C=O) groups excluding carboxylic acids is 2. The molecular formula is C11H12N4O5. The highest BCUT2D eigenvalue weighted by Crippen LogP contribution is 2.24. The molecule has 1 saturated heterocycles. The van der Waals surface area contributed by atoms with E-state index in [4.69, 9.17) is 0 Å². The zero-order valence-corrected chi connectivity index (χ0v) is 10.6. The van der Waals surface area contributed by atoms with Crippen LogP contribution in [0.1, 0.15) is 16.9 Å². The van der Waals surface area contributed by atoms with Gasteiger partial charge in [-0.3, -0.25) is 14.9 Å². The van der Waals surface area contributed by atoms with Crippen LogP contribution in [0.25, 0.3) is 0 Å².